The molecule has 44 heavy (non-hydrogen) atoms. The fourth-order valence-electron chi connectivity index (χ4n) is 5.28. The lowest BCUT2D eigenvalue weighted by molar-refractivity contribution is -0.128. The lowest BCUT2D eigenvalue weighted by Crippen LogP contribution is -2.55. The van der Waals surface area contributed by atoms with Gasteiger partial charge in [0.1, 0.15) is 6.04 Å². The third kappa shape index (κ3) is 6.19. The van der Waals surface area contributed by atoms with Gasteiger partial charge >= 0.3 is 0 Å². The molecular weight excluding hydrogens is 600 g/mol. The van der Waals surface area contributed by atoms with E-state index in [0.29, 0.717) is 16.9 Å². The summed E-state index contributed by atoms with van der Waals surface area (Å²) in [7, 11) is -2.59. The predicted molar refractivity (Wildman–Crippen MR) is 175 cm³/mol. The van der Waals surface area contributed by atoms with Crippen molar-refractivity contribution in [2.45, 2.75) is 44.3 Å². The summed E-state index contributed by atoms with van der Waals surface area (Å²) in [6.45, 7) is 4.89. The van der Waals surface area contributed by atoms with E-state index in [1.165, 1.54) is 35.5 Å². The van der Waals surface area contributed by atoms with Crippen LogP contribution in [0.1, 0.15) is 35.3 Å². The highest BCUT2D eigenvalue weighted by Gasteiger charge is 2.40. The van der Waals surface area contributed by atoms with E-state index in [1.807, 2.05) is 43.3 Å². The van der Waals surface area contributed by atoms with E-state index < -0.39 is 33.9 Å². The number of ketones is 1. The number of carbonyl (C=O) groups is 3. The minimum absolute atomic E-state index is 0. The highest BCUT2D eigenvalue weighted by Crippen LogP contribution is 2.38. The van der Waals surface area contributed by atoms with Crippen LogP contribution in [0.15, 0.2) is 89.8 Å². The van der Waals surface area contributed by atoms with Crippen molar-refractivity contribution in [2.75, 3.05) is 22.8 Å². The second-order valence-corrected chi connectivity index (χ2v) is 12.5. The summed E-state index contributed by atoms with van der Waals surface area (Å²) in [5.41, 5.74) is 3.00. The number of fused-ring (bicyclic) bond motifs is 2. The molecule has 2 atom stereocenters. The molecule has 0 aromatic heterocycles. The van der Waals surface area contributed by atoms with E-state index >= 15 is 0 Å². The average Bonchev–Trinajstić information content (AvgIpc) is 3.12. The Balaban J connectivity index is 0.00000442. The Labute approximate surface area is 263 Å². The largest absolute Gasteiger partial charge is 0.341 e. The number of halogens is 1. The van der Waals surface area contributed by atoms with Crippen LogP contribution in [0.5, 0.6) is 0 Å². The normalized spacial score (nSPS) is 15.6. The Bertz CT molecular complexity index is 1830. The lowest BCUT2D eigenvalue weighted by Gasteiger charge is -2.27. The van der Waals surface area contributed by atoms with Gasteiger partial charge in [-0.05, 0) is 74.0 Å². The fourth-order valence-corrected chi connectivity index (χ4v) is 6.77. The van der Waals surface area contributed by atoms with E-state index in [0.717, 1.165) is 21.9 Å². The molecule has 0 saturated carbocycles. The molecule has 0 spiro atoms. The van der Waals surface area contributed by atoms with Crippen LogP contribution in [-0.2, 0) is 26.2 Å². The van der Waals surface area contributed by atoms with Crippen LogP contribution < -0.4 is 19.8 Å². The number of amides is 2. The molecule has 0 saturated heterocycles. The quantitative estimate of drug-likeness (QED) is 0.274. The molecule has 0 aliphatic carbocycles. The maximum absolute atomic E-state index is 14.4. The van der Waals surface area contributed by atoms with Crippen molar-refractivity contribution in [3.8, 4) is 0 Å². The molecule has 5 rings (SSSR count). The second-order valence-electron chi connectivity index (χ2n) is 10.7. The van der Waals surface area contributed by atoms with Gasteiger partial charge in [-0.25, -0.2) is 8.42 Å². The van der Waals surface area contributed by atoms with E-state index in [9.17, 15) is 22.8 Å². The zero-order chi connectivity index (χ0) is 30.9. The zero-order valence-electron chi connectivity index (χ0n) is 24.9. The minimum Gasteiger partial charge on any atom is -0.341 e. The Kier molecular flexibility index (Phi) is 9.78. The molecule has 1 heterocycles. The first kappa shape index (κ1) is 32.7. The smallest absolute Gasteiger partial charge is 0.264 e. The molecule has 4 aromatic rings. The van der Waals surface area contributed by atoms with Crippen LogP contribution in [0.25, 0.3) is 10.8 Å². The lowest BCUT2D eigenvalue weighted by atomic mass is 9.99. The van der Waals surface area contributed by atoms with Gasteiger partial charge in [-0.2, -0.15) is 0 Å². The number of rotatable bonds is 8. The van der Waals surface area contributed by atoms with Gasteiger partial charge in [-0.3, -0.25) is 18.7 Å². The summed E-state index contributed by atoms with van der Waals surface area (Å²) >= 11 is 0. The SMILES string of the molecule is CN[C@@H](C)C(=O)N[C@H]1CN(S(=O)(=O)c2ccc(C(C)=O)cc2)c2ccccc2N(Cc2c(C)ccc3ccccc23)C1=O.Cl. The van der Waals surface area contributed by atoms with E-state index in [4.69, 9.17) is 0 Å². The van der Waals surface area contributed by atoms with Crippen LogP contribution >= 0.6 is 12.4 Å². The topological polar surface area (TPSA) is 116 Å². The number of nitrogens with one attached hydrogen (secondary N) is 2. The van der Waals surface area contributed by atoms with Gasteiger partial charge in [0.15, 0.2) is 5.78 Å². The summed E-state index contributed by atoms with van der Waals surface area (Å²) in [6.07, 6.45) is 0. The van der Waals surface area contributed by atoms with E-state index in [2.05, 4.69) is 10.6 Å². The van der Waals surface area contributed by atoms with Crippen LogP contribution in [-0.4, -0.2) is 51.7 Å². The van der Waals surface area contributed by atoms with Crippen molar-refractivity contribution in [1.82, 2.24) is 10.6 Å². The Morgan fingerprint density at radius 3 is 2.23 bits per heavy atom. The molecule has 1 aliphatic heterocycles. The summed E-state index contributed by atoms with van der Waals surface area (Å²) in [5.74, 6) is -1.05. The van der Waals surface area contributed by atoms with Gasteiger partial charge in [-0.15, -0.1) is 12.4 Å². The molecule has 0 radical (unpaired) electrons. The first-order chi connectivity index (χ1) is 20.5. The van der Waals surface area contributed by atoms with E-state index in [-0.39, 0.29) is 36.2 Å². The maximum atomic E-state index is 14.4. The summed E-state index contributed by atoms with van der Waals surface area (Å²) in [5, 5.41) is 7.66. The number of aryl methyl sites for hydroxylation is 1. The molecule has 230 valence electrons. The number of likely N-dealkylation sites (N-methyl/N-ethyl adjacent to an activating group) is 1. The van der Waals surface area contributed by atoms with Crippen molar-refractivity contribution in [3.63, 3.8) is 0 Å². The number of para-hydroxylation sites is 2. The van der Waals surface area contributed by atoms with E-state index in [1.54, 1.807) is 43.1 Å². The highest BCUT2D eigenvalue weighted by atomic mass is 35.5. The van der Waals surface area contributed by atoms with Gasteiger partial charge in [-0.1, -0.05) is 60.7 Å². The first-order valence-corrected chi connectivity index (χ1v) is 15.5. The number of hydrogen-bond donors (Lipinski definition) is 2. The number of carbonyl (C=O) groups excluding carboxylic acids is 3. The molecular formula is C33H35ClN4O5S. The van der Waals surface area contributed by atoms with Crippen LogP contribution in [0.3, 0.4) is 0 Å². The number of nitrogens with zero attached hydrogens (tertiary/aromatic N) is 2. The monoisotopic (exact) mass is 634 g/mol. The Morgan fingerprint density at radius 1 is 0.932 bits per heavy atom. The predicted octanol–water partition coefficient (Wildman–Crippen LogP) is 4.61. The number of Topliss-reactive ketones (excluding diaryl/α,β-unsaturated/α-hetero) is 1. The molecule has 0 fully saturated rings. The van der Waals surface area contributed by atoms with Gasteiger partial charge in [0.05, 0.1) is 35.4 Å². The molecule has 0 bridgehead atoms. The molecule has 1 aliphatic rings. The van der Waals surface area contributed by atoms with Crippen molar-refractivity contribution < 1.29 is 22.8 Å². The van der Waals surface area contributed by atoms with Gasteiger partial charge in [0, 0.05) is 5.56 Å². The number of benzene rings is 4. The number of hydrogen-bond acceptors (Lipinski definition) is 6. The van der Waals surface area contributed by atoms with Gasteiger partial charge in [0.2, 0.25) is 5.91 Å². The second kappa shape index (κ2) is 13.2. The molecule has 0 unspecified atom stereocenters. The standard InChI is InChI=1S/C33H34N4O5S.ClH/c1-21-13-14-25-9-5-6-10-27(25)28(21)19-36-30-11-7-8-12-31(30)37(20-29(33(36)40)35-32(39)22(2)34-4)43(41,42)26-17-15-24(16-18-26)23(3)38;/h5-18,22,29,34H,19-20H2,1-4H3,(H,35,39);1H/t22-,29-;/m0./s1. The van der Waals surface area contributed by atoms with Crippen molar-refractivity contribution >= 4 is 62.2 Å². The summed E-state index contributed by atoms with van der Waals surface area (Å²) in [4.78, 5) is 40.8. The van der Waals surface area contributed by atoms with Crippen molar-refractivity contribution in [1.29, 1.82) is 0 Å². The van der Waals surface area contributed by atoms with Crippen LogP contribution in [0.4, 0.5) is 11.4 Å². The maximum Gasteiger partial charge on any atom is 0.264 e. The van der Waals surface area contributed by atoms with Crippen LogP contribution in [0.2, 0.25) is 0 Å². The molecule has 2 amide bonds. The third-order valence-corrected chi connectivity index (χ3v) is 9.73. The zero-order valence-corrected chi connectivity index (χ0v) is 26.5. The van der Waals surface area contributed by atoms with Crippen molar-refractivity contribution in [3.05, 3.63) is 102 Å². The average molecular weight is 635 g/mol. The summed E-state index contributed by atoms with van der Waals surface area (Å²) in [6, 6.07) is 22.7. The highest BCUT2D eigenvalue weighted by molar-refractivity contribution is 7.92. The Hall–Kier alpha value is -4.25. The molecule has 4 aromatic carbocycles. The number of anilines is 2. The number of sulfonamides is 1. The molecule has 11 heteroatoms. The molecule has 2 N–H and O–H groups in total. The molecule has 9 nitrogen and oxygen atoms in total. The van der Waals surface area contributed by atoms with Gasteiger partial charge in [0.25, 0.3) is 15.9 Å². The Morgan fingerprint density at radius 2 is 1.57 bits per heavy atom. The minimum atomic E-state index is -4.22. The first-order valence-electron chi connectivity index (χ1n) is 14.0. The van der Waals surface area contributed by atoms with Crippen LogP contribution in [0, 0.1) is 6.92 Å². The summed E-state index contributed by atoms with van der Waals surface area (Å²) < 4.78 is 29.6. The third-order valence-electron chi connectivity index (χ3n) is 7.94. The van der Waals surface area contributed by atoms with Gasteiger partial charge < -0.3 is 15.5 Å². The van der Waals surface area contributed by atoms with Crippen molar-refractivity contribution in [2.24, 2.45) is 0 Å². The fraction of sp³-hybridized carbons (Fsp3) is 0.242.